The van der Waals surface area contributed by atoms with Crippen molar-refractivity contribution in [3.8, 4) is 5.75 Å². The molecule has 1 aliphatic rings. The number of aryl methyl sites for hydroxylation is 1. The lowest BCUT2D eigenvalue weighted by Gasteiger charge is -2.29. The number of ether oxygens (including phenoxy) is 1. The highest BCUT2D eigenvalue weighted by Gasteiger charge is 2.28. The van der Waals surface area contributed by atoms with Crippen LogP contribution in [-0.2, 0) is 9.59 Å². The van der Waals surface area contributed by atoms with Gasteiger partial charge in [0.1, 0.15) is 12.3 Å². The van der Waals surface area contributed by atoms with Gasteiger partial charge in [-0.05, 0) is 42.8 Å². The van der Waals surface area contributed by atoms with Crippen molar-refractivity contribution < 1.29 is 19.1 Å². The number of ketones is 1. The Bertz CT molecular complexity index is 926. The van der Waals surface area contributed by atoms with Crippen molar-refractivity contribution >= 4 is 44.9 Å². The minimum atomic E-state index is -0.334. The molecule has 0 saturated heterocycles. The monoisotopic (exact) mass is 430 g/mol. The summed E-state index contributed by atoms with van der Waals surface area (Å²) in [5, 5.41) is 2.79. The van der Waals surface area contributed by atoms with Gasteiger partial charge in [-0.2, -0.15) is 0 Å². The standard InChI is InChI=1S/C20H19BrN2O4/c1-3-17(24)13-5-7-18-16(8-13)23(20(26)11-27-18)10-19(25)22-14-6-4-12(2)15(21)9-14/h4-9H,3,10-11H2,1-2H3,(H,22,25). The van der Waals surface area contributed by atoms with E-state index < -0.39 is 0 Å². The van der Waals surface area contributed by atoms with Gasteiger partial charge in [-0.3, -0.25) is 19.3 Å². The second kappa shape index (κ2) is 7.92. The second-order valence-corrected chi connectivity index (χ2v) is 7.09. The van der Waals surface area contributed by atoms with Gasteiger partial charge in [-0.1, -0.05) is 28.9 Å². The number of anilines is 2. The molecule has 1 N–H and O–H groups in total. The Morgan fingerprint density at radius 2 is 2.00 bits per heavy atom. The van der Waals surface area contributed by atoms with Gasteiger partial charge in [0.2, 0.25) is 5.91 Å². The molecule has 0 radical (unpaired) electrons. The van der Waals surface area contributed by atoms with Gasteiger partial charge in [-0.25, -0.2) is 0 Å². The van der Waals surface area contributed by atoms with E-state index in [2.05, 4.69) is 21.2 Å². The molecule has 0 fully saturated rings. The molecule has 2 aromatic carbocycles. The van der Waals surface area contributed by atoms with E-state index in [9.17, 15) is 14.4 Å². The van der Waals surface area contributed by atoms with E-state index in [1.165, 1.54) is 4.90 Å². The fraction of sp³-hybridized carbons (Fsp3) is 0.250. The summed E-state index contributed by atoms with van der Waals surface area (Å²) >= 11 is 3.43. The molecular formula is C20H19BrN2O4. The summed E-state index contributed by atoms with van der Waals surface area (Å²) in [5.41, 5.74) is 2.61. The minimum absolute atomic E-state index is 0.0373. The number of nitrogens with zero attached hydrogens (tertiary/aromatic N) is 1. The topological polar surface area (TPSA) is 75.7 Å². The Morgan fingerprint density at radius 3 is 2.70 bits per heavy atom. The van der Waals surface area contributed by atoms with Crippen molar-refractivity contribution in [1.29, 1.82) is 0 Å². The van der Waals surface area contributed by atoms with Crippen molar-refractivity contribution in [3.63, 3.8) is 0 Å². The molecule has 27 heavy (non-hydrogen) atoms. The molecule has 2 amide bonds. The molecule has 0 unspecified atom stereocenters. The molecule has 3 rings (SSSR count). The zero-order valence-electron chi connectivity index (χ0n) is 15.0. The van der Waals surface area contributed by atoms with E-state index in [4.69, 9.17) is 4.74 Å². The smallest absolute Gasteiger partial charge is 0.265 e. The van der Waals surface area contributed by atoms with Crippen LogP contribution in [0.5, 0.6) is 5.75 Å². The second-order valence-electron chi connectivity index (χ2n) is 6.24. The molecule has 0 aliphatic carbocycles. The Morgan fingerprint density at radius 1 is 1.22 bits per heavy atom. The number of carbonyl (C=O) groups is 3. The fourth-order valence-electron chi connectivity index (χ4n) is 2.77. The summed E-state index contributed by atoms with van der Waals surface area (Å²) in [5.74, 6) is -0.221. The number of hydrogen-bond acceptors (Lipinski definition) is 4. The van der Waals surface area contributed by atoms with Gasteiger partial charge in [0.25, 0.3) is 5.91 Å². The van der Waals surface area contributed by atoms with E-state index in [0.717, 1.165) is 10.0 Å². The summed E-state index contributed by atoms with van der Waals surface area (Å²) in [4.78, 5) is 38.1. The van der Waals surface area contributed by atoms with Crippen LogP contribution in [0.25, 0.3) is 0 Å². The number of Topliss-reactive ketones (excluding diaryl/α,β-unsaturated/α-hetero) is 1. The molecular weight excluding hydrogens is 412 g/mol. The van der Waals surface area contributed by atoms with E-state index in [1.807, 2.05) is 13.0 Å². The van der Waals surface area contributed by atoms with Gasteiger partial charge in [-0.15, -0.1) is 0 Å². The molecule has 0 spiro atoms. The van der Waals surface area contributed by atoms with Crippen LogP contribution >= 0.6 is 15.9 Å². The molecule has 2 aromatic rings. The number of carbonyl (C=O) groups excluding carboxylic acids is 3. The number of fused-ring (bicyclic) bond motifs is 1. The van der Waals surface area contributed by atoms with Crippen LogP contribution in [0.1, 0.15) is 29.3 Å². The summed E-state index contributed by atoms with van der Waals surface area (Å²) in [6.45, 7) is 3.42. The molecule has 0 bridgehead atoms. The number of halogens is 1. The van der Waals surface area contributed by atoms with Crippen molar-refractivity contribution in [2.24, 2.45) is 0 Å². The predicted octanol–water partition coefficient (Wildman–Crippen LogP) is 3.71. The first-order chi connectivity index (χ1) is 12.9. The molecule has 1 aliphatic heterocycles. The lowest BCUT2D eigenvalue weighted by Crippen LogP contribution is -2.43. The summed E-state index contributed by atoms with van der Waals surface area (Å²) < 4.78 is 6.31. The van der Waals surface area contributed by atoms with Gasteiger partial charge in [0, 0.05) is 22.1 Å². The number of hydrogen-bond donors (Lipinski definition) is 1. The van der Waals surface area contributed by atoms with Crippen molar-refractivity contribution in [2.45, 2.75) is 20.3 Å². The third-order valence-electron chi connectivity index (χ3n) is 4.30. The average molecular weight is 431 g/mol. The van der Waals surface area contributed by atoms with Gasteiger partial charge < -0.3 is 10.1 Å². The van der Waals surface area contributed by atoms with Crippen LogP contribution in [0, 0.1) is 6.92 Å². The molecule has 140 valence electrons. The maximum atomic E-state index is 12.5. The van der Waals surface area contributed by atoms with Crippen LogP contribution < -0.4 is 15.0 Å². The lowest BCUT2D eigenvalue weighted by molar-refractivity contribution is -0.123. The molecule has 1 heterocycles. The normalized spacial score (nSPS) is 13.0. The maximum Gasteiger partial charge on any atom is 0.265 e. The van der Waals surface area contributed by atoms with E-state index in [0.29, 0.717) is 29.1 Å². The first-order valence-electron chi connectivity index (χ1n) is 8.55. The highest BCUT2D eigenvalue weighted by molar-refractivity contribution is 9.10. The lowest BCUT2D eigenvalue weighted by atomic mass is 10.1. The summed E-state index contributed by atoms with van der Waals surface area (Å²) in [7, 11) is 0. The number of nitrogens with one attached hydrogen (secondary N) is 1. The van der Waals surface area contributed by atoms with Crippen molar-refractivity contribution in [2.75, 3.05) is 23.4 Å². The third-order valence-corrected chi connectivity index (χ3v) is 5.16. The van der Waals surface area contributed by atoms with E-state index in [-0.39, 0.29) is 30.7 Å². The van der Waals surface area contributed by atoms with E-state index in [1.54, 1.807) is 37.3 Å². The number of benzene rings is 2. The van der Waals surface area contributed by atoms with Crippen LogP contribution in [0.3, 0.4) is 0 Å². The summed E-state index contributed by atoms with van der Waals surface area (Å²) in [6.07, 6.45) is 0.358. The molecule has 0 saturated carbocycles. The maximum absolute atomic E-state index is 12.5. The number of amides is 2. The van der Waals surface area contributed by atoms with Crippen LogP contribution in [0.15, 0.2) is 40.9 Å². The highest BCUT2D eigenvalue weighted by atomic mass is 79.9. The summed E-state index contributed by atoms with van der Waals surface area (Å²) in [6, 6.07) is 10.4. The Kier molecular flexibility index (Phi) is 5.60. The molecule has 6 nitrogen and oxygen atoms in total. The van der Waals surface area contributed by atoms with Crippen LogP contribution in [-0.4, -0.2) is 30.7 Å². The van der Waals surface area contributed by atoms with Gasteiger partial charge >= 0.3 is 0 Å². The van der Waals surface area contributed by atoms with Crippen LogP contribution in [0.2, 0.25) is 0 Å². The van der Waals surface area contributed by atoms with Gasteiger partial charge in [0.05, 0.1) is 5.69 Å². The molecule has 7 heteroatoms. The van der Waals surface area contributed by atoms with Crippen LogP contribution in [0.4, 0.5) is 11.4 Å². The quantitative estimate of drug-likeness (QED) is 0.733. The SMILES string of the molecule is CCC(=O)c1ccc2c(c1)N(CC(=O)Nc1ccc(C)c(Br)c1)C(=O)CO2. The van der Waals surface area contributed by atoms with Crippen molar-refractivity contribution in [3.05, 3.63) is 52.0 Å². The van der Waals surface area contributed by atoms with Gasteiger partial charge in [0.15, 0.2) is 12.4 Å². The largest absolute Gasteiger partial charge is 0.482 e. The minimum Gasteiger partial charge on any atom is -0.482 e. The first-order valence-corrected chi connectivity index (χ1v) is 9.34. The Hall–Kier alpha value is -2.67. The van der Waals surface area contributed by atoms with E-state index >= 15 is 0 Å². The predicted molar refractivity (Wildman–Crippen MR) is 106 cm³/mol. The Balaban J connectivity index is 1.81. The number of rotatable bonds is 5. The van der Waals surface area contributed by atoms with Crippen molar-refractivity contribution in [1.82, 2.24) is 0 Å². The zero-order chi connectivity index (χ0) is 19.6. The Labute approximate surface area is 165 Å². The zero-order valence-corrected chi connectivity index (χ0v) is 16.6. The first kappa shape index (κ1) is 19.1. The average Bonchev–Trinajstić information content (AvgIpc) is 2.66. The molecule has 0 aromatic heterocycles. The highest BCUT2D eigenvalue weighted by Crippen LogP contribution is 2.33. The third kappa shape index (κ3) is 4.19. The molecule has 0 atom stereocenters. The fourth-order valence-corrected chi connectivity index (χ4v) is 3.15.